The van der Waals surface area contributed by atoms with Crippen molar-refractivity contribution in [3.05, 3.63) is 37.4 Å². The molecule has 1 aromatic rings. The number of nitrogens with one attached hydrogen (secondary N) is 1. The summed E-state index contributed by atoms with van der Waals surface area (Å²) in [5.74, 6) is 0.0208. The van der Waals surface area contributed by atoms with E-state index in [1.807, 2.05) is 29.5 Å². The van der Waals surface area contributed by atoms with Gasteiger partial charge in [-0.15, -0.1) is 0 Å². The van der Waals surface area contributed by atoms with E-state index in [2.05, 4.69) is 5.32 Å². The number of hydrogen-bond acceptors (Lipinski definition) is 4. The molecule has 2 unspecified atom stereocenters. The molecule has 0 aromatic heterocycles. The van der Waals surface area contributed by atoms with Gasteiger partial charge in [0.25, 0.3) is 11.6 Å². The second-order valence-electron chi connectivity index (χ2n) is 4.76. The van der Waals surface area contributed by atoms with Crippen LogP contribution < -0.4 is 5.32 Å². The largest absolute Gasteiger partial charge is 0.378 e. The van der Waals surface area contributed by atoms with E-state index in [1.165, 1.54) is 12.1 Å². The zero-order valence-corrected chi connectivity index (χ0v) is 13.1. The van der Waals surface area contributed by atoms with Crippen LogP contribution in [0.2, 0.25) is 0 Å². The lowest BCUT2D eigenvalue weighted by molar-refractivity contribution is -0.384. The van der Waals surface area contributed by atoms with Crippen molar-refractivity contribution in [3.8, 4) is 0 Å². The maximum absolute atomic E-state index is 12.1. The third-order valence-electron chi connectivity index (χ3n) is 3.46. The number of non-ortho nitro benzene ring substituents is 1. The number of nitrogens with zero attached hydrogens (tertiary/aromatic N) is 1. The van der Waals surface area contributed by atoms with Crippen LogP contribution >= 0.6 is 22.6 Å². The fourth-order valence-electron chi connectivity index (χ4n) is 2.16. The van der Waals surface area contributed by atoms with Gasteiger partial charge in [0, 0.05) is 34.8 Å². The second kappa shape index (κ2) is 6.49. The van der Waals surface area contributed by atoms with E-state index in [1.54, 1.807) is 6.07 Å². The highest BCUT2D eigenvalue weighted by atomic mass is 127. The molecule has 1 N–H and O–H groups in total. The normalized spacial score (nSPS) is 21.7. The lowest BCUT2D eigenvalue weighted by atomic mass is 10.0. The second-order valence-corrected chi connectivity index (χ2v) is 5.92. The van der Waals surface area contributed by atoms with Crippen molar-refractivity contribution in [2.24, 2.45) is 5.92 Å². The molecule has 2 rings (SSSR count). The van der Waals surface area contributed by atoms with Crippen molar-refractivity contribution < 1.29 is 14.5 Å². The quantitative estimate of drug-likeness (QED) is 0.486. The summed E-state index contributed by atoms with van der Waals surface area (Å²) in [5, 5.41) is 13.6. The fourth-order valence-corrected chi connectivity index (χ4v) is 2.74. The van der Waals surface area contributed by atoms with Crippen molar-refractivity contribution in [2.45, 2.75) is 19.4 Å². The Bertz CT molecular complexity index is 535. The lowest BCUT2D eigenvalue weighted by Gasteiger charge is -2.15. The molecule has 1 aromatic carbocycles. The van der Waals surface area contributed by atoms with E-state index in [4.69, 9.17) is 4.74 Å². The van der Waals surface area contributed by atoms with Crippen LogP contribution in [0.15, 0.2) is 18.2 Å². The Morgan fingerprint density at radius 3 is 2.95 bits per heavy atom. The van der Waals surface area contributed by atoms with Crippen LogP contribution in [0, 0.1) is 19.6 Å². The summed E-state index contributed by atoms with van der Waals surface area (Å²) >= 11 is 2.00. The Morgan fingerprint density at radius 2 is 2.35 bits per heavy atom. The first-order valence-electron chi connectivity index (χ1n) is 6.33. The number of rotatable bonds is 4. The van der Waals surface area contributed by atoms with E-state index in [0.29, 0.717) is 21.6 Å². The Balaban J connectivity index is 2.05. The number of benzene rings is 1. The van der Waals surface area contributed by atoms with Crippen LogP contribution in [0.5, 0.6) is 0 Å². The molecule has 2 atom stereocenters. The Kier molecular flexibility index (Phi) is 4.92. The molecule has 0 saturated carbocycles. The summed E-state index contributed by atoms with van der Waals surface area (Å²) in [6, 6.07) is 4.28. The molecule has 0 bridgehead atoms. The van der Waals surface area contributed by atoms with Crippen LogP contribution in [0.3, 0.4) is 0 Å². The first-order valence-corrected chi connectivity index (χ1v) is 7.40. The van der Waals surface area contributed by atoms with Gasteiger partial charge in [-0.25, -0.2) is 0 Å². The lowest BCUT2D eigenvalue weighted by Crippen LogP contribution is -2.32. The number of carbonyl (C=O) groups excluding carboxylic acids is 1. The van der Waals surface area contributed by atoms with E-state index < -0.39 is 4.92 Å². The van der Waals surface area contributed by atoms with Gasteiger partial charge in [0.05, 0.1) is 16.6 Å². The first kappa shape index (κ1) is 15.2. The molecule has 1 heterocycles. The molecule has 1 amide bonds. The van der Waals surface area contributed by atoms with Crippen molar-refractivity contribution in [2.75, 3.05) is 13.2 Å². The minimum Gasteiger partial charge on any atom is -0.378 e. The third kappa shape index (κ3) is 3.45. The molecule has 6 nitrogen and oxygen atoms in total. The summed E-state index contributed by atoms with van der Waals surface area (Å²) in [7, 11) is 0. The van der Waals surface area contributed by atoms with Crippen LogP contribution in [-0.4, -0.2) is 30.1 Å². The summed E-state index contributed by atoms with van der Waals surface area (Å²) in [5.41, 5.74) is 0.263. The van der Waals surface area contributed by atoms with Crippen molar-refractivity contribution in [1.29, 1.82) is 0 Å². The molecule has 7 heteroatoms. The molecule has 0 radical (unpaired) electrons. The van der Waals surface area contributed by atoms with Crippen LogP contribution in [0.1, 0.15) is 23.7 Å². The van der Waals surface area contributed by atoms with Gasteiger partial charge in [-0.05, 0) is 42.0 Å². The van der Waals surface area contributed by atoms with E-state index in [9.17, 15) is 14.9 Å². The molecule has 108 valence electrons. The average molecular weight is 390 g/mol. The minimum absolute atomic E-state index is 0.0758. The minimum atomic E-state index is -0.500. The zero-order chi connectivity index (χ0) is 14.7. The molecule has 0 aliphatic carbocycles. The van der Waals surface area contributed by atoms with Gasteiger partial charge < -0.3 is 10.1 Å². The maximum atomic E-state index is 12.1. The first-order chi connectivity index (χ1) is 9.49. The number of nitro benzene ring substituents is 1. The fraction of sp³-hybridized carbons (Fsp3) is 0.462. The number of hydrogen-bond donors (Lipinski definition) is 1. The number of amides is 1. The number of nitro groups is 1. The molecule has 1 aliphatic rings. The summed E-state index contributed by atoms with van der Waals surface area (Å²) in [4.78, 5) is 22.4. The van der Waals surface area contributed by atoms with Gasteiger partial charge in [0.1, 0.15) is 0 Å². The number of halogens is 1. The molecule has 0 spiro atoms. The third-order valence-corrected chi connectivity index (χ3v) is 4.40. The van der Waals surface area contributed by atoms with Crippen LogP contribution in [0.4, 0.5) is 5.69 Å². The van der Waals surface area contributed by atoms with Gasteiger partial charge in [-0.1, -0.05) is 0 Å². The SMILES string of the molecule is CC1OCCC1CNC(=O)c1cc([N+](=O)[O-])ccc1I. The van der Waals surface area contributed by atoms with Gasteiger partial charge in [-0.2, -0.15) is 0 Å². The molecule has 1 aliphatic heterocycles. The topological polar surface area (TPSA) is 81.5 Å². The van der Waals surface area contributed by atoms with Gasteiger partial charge in [0.2, 0.25) is 0 Å². The highest BCUT2D eigenvalue weighted by Gasteiger charge is 2.25. The van der Waals surface area contributed by atoms with E-state index >= 15 is 0 Å². The molecule has 20 heavy (non-hydrogen) atoms. The standard InChI is InChI=1S/C13H15IN2O4/c1-8-9(4-5-20-8)7-15-13(17)11-6-10(16(18)19)2-3-12(11)14/h2-3,6,8-9H,4-5,7H2,1H3,(H,15,17). The predicted octanol–water partition coefficient (Wildman–Crippen LogP) is 2.35. The van der Waals surface area contributed by atoms with Gasteiger partial charge >= 0.3 is 0 Å². The van der Waals surface area contributed by atoms with Gasteiger partial charge in [0.15, 0.2) is 0 Å². The number of carbonyl (C=O) groups is 1. The van der Waals surface area contributed by atoms with Gasteiger partial charge in [-0.3, -0.25) is 14.9 Å². The highest BCUT2D eigenvalue weighted by Crippen LogP contribution is 2.21. The monoisotopic (exact) mass is 390 g/mol. The van der Waals surface area contributed by atoms with Crippen molar-refractivity contribution in [3.63, 3.8) is 0 Å². The van der Waals surface area contributed by atoms with E-state index in [0.717, 1.165) is 13.0 Å². The summed E-state index contributed by atoms with van der Waals surface area (Å²) in [6.45, 7) is 3.23. The van der Waals surface area contributed by atoms with Crippen molar-refractivity contribution >= 4 is 34.2 Å². The zero-order valence-electron chi connectivity index (χ0n) is 11.0. The Morgan fingerprint density at radius 1 is 1.60 bits per heavy atom. The Labute approximate surface area is 130 Å². The highest BCUT2D eigenvalue weighted by molar-refractivity contribution is 14.1. The molecular weight excluding hydrogens is 375 g/mol. The number of ether oxygens (including phenoxy) is 1. The summed E-state index contributed by atoms with van der Waals surface area (Å²) in [6.07, 6.45) is 1.06. The van der Waals surface area contributed by atoms with E-state index in [-0.39, 0.29) is 17.7 Å². The maximum Gasteiger partial charge on any atom is 0.270 e. The van der Waals surface area contributed by atoms with Crippen LogP contribution in [0.25, 0.3) is 0 Å². The molecular formula is C13H15IN2O4. The molecule has 1 fully saturated rings. The smallest absolute Gasteiger partial charge is 0.270 e. The average Bonchev–Trinajstić information content (AvgIpc) is 2.81. The summed E-state index contributed by atoms with van der Waals surface area (Å²) < 4.78 is 6.13. The Hall–Kier alpha value is -1.22. The predicted molar refractivity (Wildman–Crippen MR) is 81.7 cm³/mol. The van der Waals surface area contributed by atoms with Crippen molar-refractivity contribution in [1.82, 2.24) is 5.32 Å². The molecule has 1 saturated heterocycles. The van der Waals surface area contributed by atoms with Crippen LogP contribution in [-0.2, 0) is 4.74 Å².